The summed E-state index contributed by atoms with van der Waals surface area (Å²) in [5, 5.41) is 13.5. The summed E-state index contributed by atoms with van der Waals surface area (Å²) in [4.78, 5) is 30.6. The number of amides is 1. The van der Waals surface area contributed by atoms with Crippen molar-refractivity contribution >= 4 is 17.4 Å². The molecule has 120 valence electrons. The van der Waals surface area contributed by atoms with Crippen molar-refractivity contribution in [2.75, 3.05) is 5.73 Å². The van der Waals surface area contributed by atoms with Crippen LogP contribution in [0.3, 0.4) is 0 Å². The Hall–Kier alpha value is -3.03. The molecule has 0 saturated heterocycles. The van der Waals surface area contributed by atoms with E-state index < -0.39 is 10.8 Å². The van der Waals surface area contributed by atoms with Crippen LogP contribution < -0.4 is 11.1 Å². The van der Waals surface area contributed by atoms with Crippen LogP contribution in [-0.2, 0) is 0 Å². The molecule has 8 heteroatoms. The second kappa shape index (κ2) is 6.82. The SMILES string of the molecule is CCC(C)NC(=O)c1nc(-c2ccc([N+](=O)[O-])cc2)cnc1N. The van der Waals surface area contributed by atoms with Crippen molar-refractivity contribution in [2.24, 2.45) is 0 Å². The first-order chi connectivity index (χ1) is 10.9. The van der Waals surface area contributed by atoms with Gasteiger partial charge in [-0.15, -0.1) is 0 Å². The Kier molecular flexibility index (Phi) is 4.85. The van der Waals surface area contributed by atoms with Crippen LogP contribution in [0, 0.1) is 10.1 Å². The van der Waals surface area contributed by atoms with Crippen molar-refractivity contribution in [3.8, 4) is 11.3 Å². The molecule has 23 heavy (non-hydrogen) atoms. The number of rotatable bonds is 5. The van der Waals surface area contributed by atoms with Gasteiger partial charge in [0.15, 0.2) is 11.5 Å². The van der Waals surface area contributed by atoms with E-state index in [9.17, 15) is 14.9 Å². The number of nitrogens with one attached hydrogen (secondary N) is 1. The van der Waals surface area contributed by atoms with Crippen LogP contribution >= 0.6 is 0 Å². The van der Waals surface area contributed by atoms with E-state index in [4.69, 9.17) is 5.73 Å². The Morgan fingerprint density at radius 1 is 1.39 bits per heavy atom. The van der Waals surface area contributed by atoms with Gasteiger partial charge < -0.3 is 11.1 Å². The highest BCUT2D eigenvalue weighted by Gasteiger charge is 2.16. The van der Waals surface area contributed by atoms with Crippen molar-refractivity contribution in [1.82, 2.24) is 15.3 Å². The smallest absolute Gasteiger partial charge is 0.273 e. The van der Waals surface area contributed by atoms with Crippen LogP contribution in [0.15, 0.2) is 30.5 Å². The quantitative estimate of drug-likeness (QED) is 0.643. The number of anilines is 1. The highest BCUT2D eigenvalue weighted by Crippen LogP contribution is 2.21. The lowest BCUT2D eigenvalue weighted by atomic mass is 10.1. The number of nitro benzene ring substituents is 1. The predicted octanol–water partition coefficient (Wildman–Crippen LogP) is 2.16. The third kappa shape index (κ3) is 3.79. The van der Waals surface area contributed by atoms with Crippen LogP contribution in [0.4, 0.5) is 11.5 Å². The molecule has 0 aliphatic rings. The molecule has 1 aromatic heterocycles. The summed E-state index contributed by atoms with van der Waals surface area (Å²) >= 11 is 0. The number of benzene rings is 1. The van der Waals surface area contributed by atoms with Gasteiger partial charge in [-0.25, -0.2) is 9.97 Å². The van der Waals surface area contributed by atoms with Gasteiger partial charge in [-0.2, -0.15) is 0 Å². The first kappa shape index (κ1) is 16.3. The summed E-state index contributed by atoms with van der Waals surface area (Å²) in [6, 6.07) is 5.83. The first-order valence-corrected chi connectivity index (χ1v) is 7.10. The van der Waals surface area contributed by atoms with E-state index in [2.05, 4.69) is 15.3 Å². The first-order valence-electron chi connectivity index (χ1n) is 7.10. The monoisotopic (exact) mass is 315 g/mol. The molecule has 1 unspecified atom stereocenters. The van der Waals surface area contributed by atoms with Crippen LogP contribution in [0.1, 0.15) is 30.8 Å². The topological polar surface area (TPSA) is 124 Å². The molecule has 1 heterocycles. The second-order valence-corrected chi connectivity index (χ2v) is 5.08. The molecule has 0 spiro atoms. The molecule has 1 aromatic carbocycles. The molecule has 1 amide bonds. The maximum Gasteiger partial charge on any atom is 0.273 e. The van der Waals surface area contributed by atoms with Gasteiger partial charge in [0, 0.05) is 23.7 Å². The van der Waals surface area contributed by atoms with Crippen molar-refractivity contribution in [1.29, 1.82) is 0 Å². The van der Waals surface area contributed by atoms with E-state index >= 15 is 0 Å². The Morgan fingerprint density at radius 3 is 2.61 bits per heavy atom. The maximum atomic E-state index is 12.2. The fraction of sp³-hybridized carbons (Fsp3) is 0.267. The van der Waals surface area contributed by atoms with Crippen LogP contribution in [0.2, 0.25) is 0 Å². The number of nitrogen functional groups attached to an aromatic ring is 1. The summed E-state index contributed by atoms with van der Waals surface area (Å²) < 4.78 is 0. The fourth-order valence-electron chi connectivity index (χ4n) is 1.85. The Balaban J connectivity index is 2.32. The van der Waals surface area contributed by atoms with Gasteiger partial charge in [-0.3, -0.25) is 14.9 Å². The fourth-order valence-corrected chi connectivity index (χ4v) is 1.85. The largest absolute Gasteiger partial charge is 0.382 e. The van der Waals surface area contributed by atoms with Gasteiger partial charge in [0.1, 0.15) is 0 Å². The number of hydrogen-bond donors (Lipinski definition) is 2. The molecule has 2 aromatic rings. The second-order valence-electron chi connectivity index (χ2n) is 5.08. The average molecular weight is 315 g/mol. The maximum absolute atomic E-state index is 12.2. The van der Waals surface area contributed by atoms with E-state index in [1.807, 2.05) is 13.8 Å². The van der Waals surface area contributed by atoms with Gasteiger partial charge in [0.25, 0.3) is 11.6 Å². The molecule has 0 radical (unpaired) electrons. The molecule has 1 atom stereocenters. The number of non-ortho nitro benzene ring substituents is 1. The highest BCUT2D eigenvalue weighted by atomic mass is 16.6. The van der Waals surface area contributed by atoms with Crippen molar-refractivity contribution in [3.63, 3.8) is 0 Å². The minimum Gasteiger partial charge on any atom is -0.382 e. The van der Waals surface area contributed by atoms with Gasteiger partial charge in [-0.1, -0.05) is 6.92 Å². The van der Waals surface area contributed by atoms with Crippen molar-refractivity contribution < 1.29 is 9.72 Å². The standard InChI is InChI=1S/C15H17N5O3/c1-3-9(2)18-15(21)13-14(16)17-8-12(19-13)10-4-6-11(7-5-10)20(22)23/h4-9H,3H2,1-2H3,(H2,16,17)(H,18,21). The molecule has 0 bridgehead atoms. The zero-order valence-electron chi connectivity index (χ0n) is 12.8. The van der Waals surface area contributed by atoms with Crippen LogP contribution in [-0.4, -0.2) is 26.8 Å². The summed E-state index contributed by atoms with van der Waals surface area (Å²) in [6.07, 6.45) is 2.21. The Bertz CT molecular complexity index is 730. The molecular weight excluding hydrogens is 298 g/mol. The van der Waals surface area contributed by atoms with E-state index in [1.54, 1.807) is 12.1 Å². The molecule has 3 N–H and O–H groups in total. The molecule has 0 saturated carbocycles. The number of nitrogens with two attached hydrogens (primary N) is 1. The van der Waals surface area contributed by atoms with Gasteiger partial charge >= 0.3 is 0 Å². The molecule has 0 aliphatic heterocycles. The molecular formula is C15H17N5O3. The van der Waals surface area contributed by atoms with Crippen LogP contribution in [0.5, 0.6) is 0 Å². The zero-order chi connectivity index (χ0) is 17.0. The molecule has 0 fully saturated rings. The minimum absolute atomic E-state index is 0.00766. The lowest BCUT2D eigenvalue weighted by molar-refractivity contribution is -0.384. The lowest BCUT2D eigenvalue weighted by Crippen LogP contribution is -2.33. The van der Waals surface area contributed by atoms with Crippen LogP contribution in [0.25, 0.3) is 11.3 Å². The molecule has 2 rings (SSSR count). The third-order valence-corrected chi connectivity index (χ3v) is 3.38. The number of aromatic nitrogens is 2. The van der Waals surface area contributed by atoms with E-state index in [0.29, 0.717) is 11.3 Å². The van der Waals surface area contributed by atoms with E-state index in [1.165, 1.54) is 18.3 Å². The third-order valence-electron chi connectivity index (χ3n) is 3.38. The number of nitrogens with zero attached hydrogens (tertiary/aromatic N) is 3. The number of hydrogen-bond acceptors (Lipinski definition) is 6. The zero-order valence-corrected chi connectivity index (χ0v) is 12.8. The lowest BCUT2D eigenvalue weighted by Gasteiger charge is -2.12. The Morgan fingerprint density at radius 2 is 2.04 bits per heavy atom. The van der Waals surface area contributed by atoms with Crippen molar-refractivity contribution in [2.45, 2.75) is 26.3 Å². The van der Waals surface area contributed by atoms with E-state index in [0.717, 1.165) is 6.42 Å². The summed E-state index contributed by atoms with van der Waals surface area (Å²) in [7, 11) is 0. The molecule has 0 aliphatic carbocycles. The number of carbonyl (C=O) groups is 1. The number of carbonyl (C=O) groups excluding carboxylic acids is 1. The Labute approximate surface area is 132 Å². The molecule has 8 nitrogen and oxygen atoms in total. The normalized spacial score (nSPS) is 11.7. The average Bonchev–Trinajstić information content (AvgIpc) is 2.55. The van der Waals surface area contributed by atoms with E-state index in [-0.39, 0.29) is 23.2 Å². The highest BCUT2D eigenvalue weighted by molar-refractivity contribution is 5.96. The summed E-state index contributed by atoms with van der Waals surface area (Å²) in [5.74, 6) is -0.357. The van der Waals surface area contributed by atoms with Gasteiger partial charge in [0.2, 0.25) is 0 Å². The number of nitro groups is 1. The minimum atomic E-state index is -0.483. The van der Waals surface area contributed by atoms with Crippen molar-refractivity contribution in [3.05, 3.63) is 46.3 Å². The van der Waals surface area contributed by atoms with Gasteiger partial charge in [0.05, 0.1) is 16.8 Å². The summed E-state index contributed by atoms with van der Waals surface area (Å²) in [5.41, 5.74) is 6.78. The summed E-state index contributed by atoms with van der Waals surface area (Å²) in [6.45, 7) is 3.83. The van der Waals surface area contributed by atoms with Gasteiger partial charge in [-0.05, 0) is 25.5 Å². The predicted molar refractivity (Wildman–Crippen MR) is 85.8 cm³/mol.